The van der Waals surface area contributed by atoms with Gasteiger partial charge in [0.25, 0.3) is 15.9 Å². The first-order chi connectivity index (χ1) is 13.7. The van der Waals surface area contributed by atoms with Crippen LogP contribution in [0.3, 0.4) is 0 Å². The Labute approximate surface area is 176 Å². The number of rotatable bonds is 5. The number of benzene rings is 2. The van der Waals surface area contributed by atoms with Gasteiger partial charge in [-0.15, -0.1) is 0 Å². The summed E-state index contributed by atoms with van der Waals surface area (Å²) >= 11 is 3.38. The summed E-state index contributed by atoms with van der Waals surface area (Å²) in [4.78, 5) is 28.4. The van der Waals surface area contributed by atoms with Crippen LogP contribution in [0.5, 0.6) is 0 Å². The first-order valence-corrected chi connectivity index (χ1v) is 10.9. The molecule has 0 spiro atoms. The second-order valence-electron chi connectivity index (χ2n) is 6.38. The zero-order chi connectivity index (χ0) is 21.2. The van der Waals surface area contributed by atoms with Gasteiger partial charge in [0, 0.05) is 15.7 Å². The number of hydrogen-bond donors (Lipinski definition) is 2. The van der Waals surface area contributed by atoms with Crippen LogP contribution >= 0.6 is 15.9 Å². The average molecular weight is 480 g/mol. The summed E-state index contributed by atoms with van der Waals surface area (Å²) in [6.45, 7) is 2.86. The van der Waals surface area contributed by atoms with Gasteiger partial charge >= 0.3 is 5.97 Å². The largest absolute Gasteiger partial charge is 0.454 e. The van der Waals surface area contributed by atoms with Gasteiger partial charge in [0.15, 0.2) is 6.61 Å². The lowest BCUT2D eigenvalue weighted by Crippen LogP contribution is -2.28. The quantitative estimate of drug-likeness (QED) is 0.638. The standard InChI is InChI=1S/C19H18BrN3O5S/c1-11-9-13(7-8-15(11)20)22-17(24)10-28-19(25)12(2)21-18-14-5-3-4-6-16(14)29(26,27)23-18/h3-9,12H,10H2,1-2H3,(H,21,23)(H,22,24)/t12-/m0/s1. The number of sulfonamides is 1. The maximum atomic E-state index is 12.2. The summed E-state index contributed by atoms with van der Waals surface area (Å²) in [5.74, 6) is -1.17. The van der Waals surface area contributed by atoms with Crippen molar-refractivity contribution in [3.63, 3.8) is 0 Å². The van der Waals surface area contributed by atoms with E-state index in [1.54, 1.807) is 36.4 Å². The SMILES string of the molecule is Cc1cc(NC(=O)COC(=O)[C@H](C)N=C2NS(=O)(=O)c3ccccc32)ccc1Br. The summed E-state index contributed by atoms with van der Waals surface area (Å²) in [5, 5.41) is 2.64. The molecule has 0 bridgehead atoms. The molecule has 2 aromatic carbocycles. The molecular weight excluding hydrogens is 462 g/mol. The van der Waals surface area contributed by atoms with Gasteiger partial charge in [0.1, 0.15) is 11.9 Å². The van der Waals surface area contributed by atoms with E-state index in [0.717, 1.165) is 10.0 Å². The molecule has 0 saturated carbocycles. The average Bonchev–Trinajstić information content (AvgIpc) is 2.93. The monoisotopic (exact) mass is 479 g/mol. The lowest BCUT2D eigenvalue weighted by Gasteiger charge is -2.10. The van der Waals surface area contributed by atoms with E-state index in [2.05, 4.69) is 31.0 Å². The third-order valence-electron chi connectivity index (χ3n) is 4.11. The number of nitrogens with one attached hydrogen (secondary N) is 2. The summed E-state index contributed by atoms with van der Waals surface area (Å²) < 4.78 is 32.4. The van der Waals surface area contributed by atoms with E-state index in [0.29, 0.717) is 11.3 Å². The third-order valence-corrected chi connectivity index (χ3v) is 6.40. The summed E-state index contributed by atoms with van der Waals surface area (Å²) in [6.07, 6.45) is 0. The Morgan fingerprint density at radius 1 is 1.24 bits per heavy atom. The Morgan fingerprint density at radius 3 is 2.69 bits per heavy atom. The van der Waals surface area contributed by atoms with E-state index in [1.807, 2.05) is 6.92 Å². The topological polar surface area (TPSA) is 114 Å². The number of carbonyl (C=O) groups is 2. The molecule has 3 rings (SSSR count). The molecule has 0 aromatic heterocycles. The molecule has 2 aromatic rings. The fourth-order valence-electron chi connectivity index (χ4n) is 2.65. The molecular formula is C19H18BrN3O5S. The van der Waals surface area contributed by atoms with Gasteiger partial charge in [0.2, 0.25) is 0 Å². The minimum absolute atomic E-state index is 0.0693. The van der Waals surface area contributed by atoms with Crippen molar-refractivity contribution in [3.05, 3.63) is 58.1 Å². The van der Waals surface area contributed by atoms with Crippen LogP contribution in [0.15, 0.2) is 56.8 Å². The summed E-state index contributed by atoms with van der Waals surface area (Å²) in [6, 6.07) is 10.6. The molecule has 0 fully saturated rings. The number of aliphatic imine (C=N–C) groups is 1. The fraction of sp³-hybridized carbons (Fsp3) is 0.211. The predicted octanol–water partition coefficient (Wildman–Crippen LogP) is 2.37. The lowest BCUT2D eigenvalue weighted by atomic mass is 10.2. The molecule has 29 heavy (non-hydrogen) atoms. The van der Waals surface area contributed by atoms with Crippen molar-refractivity contribution < 1.29 is 22.7 Å². The van der Waals surface area contributed by atoms with Gasteiger partial charge in [-0.3, -0.25) is 14.5 Å². The second-order valence-corrected chi connectivity index (χ2v) is 8.88. The van der Waals surface area contributed by atoms with Crippen molar-refractivity contribution in [1.82, 2.24) is 4.72 Å². The van der Waals surface area contributed by atoms with Gasteiger partial charge < -0.3 is 10.1 Å². The van der Waals surface area contributed by atoms with Crippen LogP contribution in [0.2, 0.25) is 0 Å². The molecule has 8 nitrogen and oxygen atoms in total. The van der Waals surface area contributed by atoms with Gasteiger partial charge in [-0.2, -0.15) is 0 Å². The van der Waals surface area contributed by atoms with E-state index >= 15 is 0 Å². The first kappa shape index (κ1) is 21.0. The number of fused-ring (bicyclic) bond motifs is 1. The normalized spacial score (nSPS) is 16.6. The van der Waals surface area contributed by atoms with E-state index in [1.165, 1.54) is 13.0 Å². The summed E-state index contributed by atoms with van der Waals surface area (Å²) in [5.41, 5.74) is 1.91. The number of ether oxygens (including phenoxy) is 1. The predicted molar refractivity (Wildman–Crippen MR) is 111 cm³/mol. The molecule has 0 radical (unpaired) electrons. The zero-order valence-corrected chi connectivity index (χ0v) is 18.0. The van der Waals surface area contributed by atoms with Crippen molar-refractivity contribution in [3.8, 4) is 0 Å². The number of halogens is 1. The molecule has 152 valence electrons. The molecule has 0 unspecified atom stereocenters. The Hall–Kier alpha value is -2.72. The van der Waals surface area contributed by atoms with Gasteiger partial charge in [0.05, 0.1) is 4.90 Å². The molecule has 1 amide bonds. The smallest absolute Gasteiger partial charge is 0.331 e. The molecule has 1 atom stereocenters. The van der Waals surface area contributed by atoms with Crippen LogP contribution in [0.1, 0.15) is 18.1 Å². The Balaban J connectivity index is 1.60. The second kappa shape index (κ2) is 8.34. The van der Waals surface area contributed by atoms with Gasteiger partial charge in [-0.25, -0.2) is 13.2 Å². The van der Waals surface area contributed by atoms with E-state index < -0.39 is 34.5 Å². The Kier molecular flexibility index (Phi) is 6.04. The maximum absolute atomic E-state index is 12.2. The highest BCUT2D eigenvalue weighted by molar-refractivity contribution is 9.10. The highest BCUT2D eigenvalue weighted by Crippen LogP contribution is 2.23. The number of esters is 1. The van der Waals surface area contributed by atoms with Gasteiger partial charge in [-0.1, -0.05) is 28.1 Å². The van der Waals surface area contributed by atoms with E-state index in [4.69, 9.17) is 4.74 Å². The van der Waals surface area contributed by atoms with Crippen molar-refractivity contribution in [1.29, 1.82) is 0 Å². The number of amidine groups is 1. The number of anilines is 1. The number of carbonyl (C=O) groups excluding carboxylic acids is 2. The molecule has 1 aliphatic rings. The lowest BCUT2D eigenvalue weighted by molar-refractivity contribution is -0.148. The van der Waals surface area contributed by atoms with Crippen LogP contribution in [-0.2, 0) is 24.3 Å². The molecule has 1 heterocycles. The Bertz CT molecular complexity index is 1110. The maximum Gasteiger partial charge on any atom is 0.331 e. The first-order valence-electron chi connectivity index (χ1n) is 8.60. The van der Waals surface area contributed by atoms with Crippen LogP contribution < -0.4 is 10.0 Å². The van der Waals surface area contributed by atoms with Crippen molar-refractivity contribution in [2.45, 2.75) is 24.8 Å². The molecule has 1 aliphatic heterocycles. The van der Waals surface area contributed by atoms with Crippen LogP contribution in [0.4, 0.5) is 5.69 Å². The third kappa shape index (κ3) is 4.83. The molecule has 0 aliphatic carbocycles. The van der Waals surface area contributed by atoms with E-state index in [9.17, 15) is 18.0 Å². The van der Waals surface area contributed by atoms with E-state index in [-0.39, 0.29) is 10.7 Å². The Morgan fingerprint density at radius 2 is 1.97 bits per heavy atom. The highest BCUT2D eigenvalue weighted by Gasteiger charge is 2.31. The van der Waals surface area contributed by atoms with Crippen molar-refractivity contribution in [2.24, 2.45) is 4.99 Å². The summed E-state index contributed by atoms with van der Waals surface area (Å²) in [7, 11) is -3.69. The molecule has 10 heteroatoms. The molecule has 2 N–H and O–H groups in total. The van der Waals surface area contributed by atoms with Crippen molar-refractivity contribution >= 4 is 49.4 Å². The minimum Gasteiger partial charge on any atom is -0.454 e. The fourth-order valence-corrected chi connectivity index (χ4v) is 4.14. The number of amides is 1. The van der Waals surface area contributed by atoms with Gasteiger partial charge in [-0.05, 0) is 49.7 Å². The zero-order valence-electron chi connectivity index (χ0n) is 15.6. The highest BCUT2D eigenvalue weighted by atomic mass is 79.9. The van der Waals surface area contributed by atoms with Crippen molar-refractivity contribution in [2.75, 3.05) is 11.9 Å². The minimum atomic E-state index is -3.69. The number of aryl methyl sites for hydroxylation is 1. The number of nitrogens with zero attached hydrogens (tertiary/aromatic N) is 1. The van der Waals surface area contributed by atoms with Crippen LogP contribution in [-0.4, -0.2) is 38.8 Å². The van der Waals surface area contributed by atoms with Crippen LogP contribution in [0, 0.1) is 6.92 Å². The number of hydrogen-bond acceptors (Lipinski definition) is 6. The van der Waals surface area contributed by atoms with Crippen LogP contribution in [0.25, 0.3) is 0 Å². The molecule has 0 saturated heterocycles.